The van der Waals surface area contributed by atoms with Crippen molar-refractivity contribution in [2.45, 2.75) is 26.3 Å². The number of halogens is 1. The highest BCUT2D eigenvalue weighted by Gasteiger charge is 2.18. The van der Waals surface area contributed by atoms with E-state index in [-0.39, 0.29) is 18.1 Å². The second-order valence-electron chi connectivity index (χ2n) is 5.49. The Morgan fingerprint density at radius 1 is 1.33 bits per heavy atom. The van der Waals surface area contributed by atoms with Crippen molar-refractivity contribution in [2.75, 3.05) is 0 Å². The van der Waals surface area contributed by atoms with Crippen LogP contribution >= 0.6 is 11.3 Å². The van der Waals surface area contributed by atoms with Gasteiger partial charge in [-0.25, -0.2) is 9.37 Å². The fourth-order valence-corrected chi connectivity index (χ4v) is 3.10. The number of benzene rings is 1. The van der Waals surface area contributed by atoms with Crippen LogP contribution in [0.4, 0.5) is 4.39 Å². The van der Waals surface area contributed by atoms with Crippen molar-refractivity contribution in [3.05, 3.63) is 64.6 Å². The Morgan fingerprint density at radius 3 is 2.83 bits per heavy atom. The van der Waals surface area contributed by atoms with E-state index in [2.05, 4.69) is 10.3 Å². The third-order valence-corrected chi connectivity index (χ3v) is 4.56. The summed E-state index contributed by atoms with van der Waals surface area (Å²) in [6.45, 7) is 3.54. The molecule has 24 heavy (non-hydrogen) atoms. The summed E-state index contributed by atoms with van der Waals surface area (Å²) >= 11 is 1.53. The molecule has 0 saturated heterocycles. The Hall–Kier alpha value is -2.47. The van der Waals surface area contributed by atoms with Crippen LogP contribution in [-0.4, -0.2) is 10.9 Å². The van der Waals surface area contributed by atoms with Crippen molar-refractivity contribution in [3.63, 3.8) is 0 Å². The average molecular weight is 344 g/mol. The first-order valence-corrected chi connectivity index (χ1v) is 8.46. The van der Waals surface area contributed by atoms with Crippen LogP contribution in [-0.2, 0) is 11.2 Å². The van der Waals surface area contributed by atoms with Crippen molar-refractivity contribution in [3.8, 4) is 10.8 Å². The molecule has 2 aromatic heterocycles. The van der Waals surface area contributed by atoms with Crippen molar-refractivity contribution in [2.24, 2.45) is 0 Å². The van der Waals surface area contributed by atoms with E-state index in [1.54, 1.807) is 32.0 Å². The molecular weight excluding hydrogens is 327 g/mol. The van der Waals surface area contributed by atoms with Crippen molar-refractivity contribution >= 4 is 17.2 Å². The van der Waals surface area contributed by atoms with E-state index < -0.39 is 6.04 Å². The quantitative estimate of drug-likeness (QED) is 0.752. The molecule has 1 amide bonds. The van der Waals surface area contributed by atoms with Crippen molar-refractivity contribution < 1.29 is 13.6 Å². The monoisotopic (exact) mass is 344 g/mol. The SMILES string of the molecule is Cc1oc(-c2cccs2)nc1CC(=O)NC(C)c1ccccc1F. The summed E-state index contributed by atoms with van der Waals surface area (Å²) in [7, 11) is 0. The number of hydrogen-bond acceptors (Lipinski definition) is 4. The molecule has 1 aromatic carbocycles. The molecule has 3 aromatic rings. The van der Waals surface area contributed by atoms with Crippen molar-refractivity contribution in [1.29, 1.82) is 0 Å². The van der Waals surface area contributed by atoms with Gasteiger partial charge in [0.2, 0.25) is 11.8 Å². The lowest BCUT2D eigenvalue weighted by Gasteiger charge is -2.14. The standard InChI is InChI=1S/C18H17FN2O2S/c1-11(13-6-3-4-7-14(13)19)20-17(22)10-15-12(2)23-18(21-15)16-8-5-9-24-16/h3-9,11H,10H2,1-2H3,(H,20,22). The number of carbonyl (C=O) groups excluding carboxylic acids is 1. The number of oxazole rings is 1. The first-order chi connectivity index (χ1) is 11.5. The van der Waals surface area contributed by atoms with E-state index in [1.165, 1.54) is 17.4 Å². The van der Waals surface area contributed by atoms with E-state index in [0.29, 0.717) is 22.9 Å². The van der Waals surface area contributed by atoms with Gasteiger partial charge in [-0.2, -0.15) is 0 Å². The van der Waals surface area contributed by atoms with E-state index in [4.69, 9.17) is 4.42 Å². The smallest absolute Gasteiger partial charge is 0.236 e. The third-order valence-electron chi connectivity index (χ3n) is 3.70. The van der Waals surface area contributed by atoms with Crippen LogP contribution in [0.15, 0.2) is 46.2 Å². The fourth-order valence-electron chi connectivity index (χ4n) is 2.45. The largest absolute Gasteiger partial charge is 0.440 e. The number of aromatic nitrogens is 1. The minimum Gasteiger partial charge on any atom is -0.440 e. The number of rotatable bonds is 5. The molecule has 4 nitrogen and oxygen atoms in total. The predicted molar refractivity (Wildman–Crippen MR) is 91.2 cm³/mol. The van der Waals surface area contributed by atoms with Gasteiger partial charge in [0.1, 0.15) is 11.6 Å². The molecule has 0 aliphatic carbocycles. The summed E-state index contributed by atoms with van der Waals surface area (Å²) in [6.07, 6.45) is 0.0967. The van der Waals surface area contributed by atoms with E-state index in [0.717, 1.165) is 4.88 Å². The molecule has 0 spiro atoms. The minimum atomic E-state index is -0.414. The third kappa shape index (κ3) is 3.54. The molecule has 1 unspecified atom stereocenters. The second-order valence-corrected chi connectivity index (χ2v) is 6.43. The minimum absolute atomic E-state index is 0.0967. The highest BCUT2D eigenvalue weighted by atomic mass is 32.1. The normalized spacial score (nSPS) is 12.1. The van der Waals surface area contributed by atoms with Gasteiger partial charge in [0, 0.05) is 5.56 Å². The predicted octanol–water partition coefficient (Wildman–Crippen LogP) is 4.27. The van der Waals surface area contributed by atoms with Gasteiger partial charge in [-0.1, -0.05) is 24.3 Å². The molecule has 0 radical (unpaired) electrons. The second kappa shape index (κ2) is 6.97. The number of thiophene rings is 1. The van der Waals surface area contributed by atoms with Gasteiger partial charge in [-0.15, -0.1) is 11.3 Å². The lowest BCUT2D eigenvalue weighted by molar-refractivity contribution is -0.121. The number of nitrogens with one attached hydrogen (secondary N) is 1. The van der Waals surface area contributed by atoms with Gasteiger partial charge in [-0.3, -0.25) is 4.79 Å². The number of amides is 1. The number of carbonyl (C=O) groups is 1. The Morgan fingerprint density at radius 2 is 2.12 bits per heavy atom. The molecule has 2 heterocycles. The summed E-state index contributed by atoms with van der Waals surface area (Å²) in [6, 6.07) is 9.84. The van der Waals surface area contributed by atoms with Gasteiger partial charge in [-0.05, 0) is 31.4 Å². The summed E-state index contributed by atoms with van der Waals surface area (Å²) < 4.78 is 19.4. The van der Waals surface area contributed by atoms with Crippen LogP contribution in [0.25, 0.3) is 10.8 Å². The Balaban J connectivity index is 1.68. The molecule has 0 aliphatic rings. The van der Waals surface area contributed by atoms with E-state index in [9.17, 15) is 9.18 Å². The number of hydrogen-bond donors (Lipinski definition) is 1. The van der Waals surface area contributed by atoms with Gasteiger partial charge >= 0.3 is 0 Å². The first kappa shape index (κ1) is 16.4. The molecule has 124 valence electrons. The lowest BCUT2D eigenvalue weighted by Crippen LogP contribution is -2.28. The first-order valence-electron chi connectivity index (χ1n) is 7.58. The molecule has 3 rings (SSSR count). The van der Waals surface area contributed by atoms with Crippen molar-refractivity contribution in [1.82, 2.24) is 10.3 Å². The van der Waals surface area contributed by atoms with Gasteiger partial charge in [0.25, 0.3) is 0 Å². The summed E-state index contributed by atoms with van der Waals surface area (Å²) in [5, 5.41) is 4.74. The van der Waals surface area contributed by atoms with Crippen LogP contribution in [0.3, 0.4) is 0 Å². The van der Waals surface area contributed by atoms with Crippen LogP contribution in [0, 0.1) is 12.7 Å². The Labute approximate surface area is 143 Å². The molecule has 0 fully saturated rings. The molecule has 1 atom stereocenters. The summed E-state index contributed by atoms with van der Waals surface area (Å²) in [5.41, 5.74) is 1.05. The zero-order chi connectivity index (χ0) is 17.1. The van der Waals surface area contributed by atoms with Gasteiger partial charge in [0.05, 0.1) is 23.0 Å². The van der Waals surface area contributed by atoms with Crippen LogP contribution in [0.1, 0.15) is 30.0 Å². The van der Waals surface area contributed by atoms with Crippen LogP contribution < -0.4 is 5.32 Å². The van der Waals surface area contributed by atoms with Crippen LogP contribution in [0.2, 0.25) is 0 Å². The maximum Gasteiger partial charge on any atom is 0.236 e. The highest BCUT2D eigenvalue weighted by molar-refractivity contribution is 7.13. The molecule has 6 heteroatoms. The van der Waals surface area contributed by atoms with Gasteiger partial charge < -0.3 is 9.73 Å². The molecular formula is C18H17FN2O2S. The molecule has 0 saturated carbocycles. The van der Waals surface area contributed by atoms with E-state index in [1.807, 2.05) is 17.5 Å². The summed E-state index contributed by atoms with van der Waals surface area (Å²) in [5.74, 6) is 0.585. The van der Waals surface area contributed by atoms with Crippen LogP contribution in [0.5, 0.6) is 0 Å². The fraction of sp³-hybridized carbons (Fsp3) is 0.222. The zero-order valence-electron chi connectivity index (χ0n) is 13.4. The maximum atomic E-state index is 13.8. The van der Waals surface area contributed by atoms with Gasteiger partial charge in [0.15, 0.2) is 0 Å². The summed E-state index contributed by atoms with van der Waals surface area (Å²) in [4.78, 5) is 17.6. The molecule has 0 bridgehead atoms. The maximum absolute atomic E-state index is 13.8. The highest BCUT2D eigenvalue weighted by Crippen LogP contribution is 2.26. The average Bonchev–Trinajstić information content (AvgIpc) is 3.18. The zero-order valence-corrected chi connectivity index (χ0v) is 14.2. The number of nitrogens with zero attached hydrogens (tertiary/aromatic N) is 1. The molecule has 0 aliphatic heterocycles. The van der Waals surface area contributed by atoms with E-state index >= 15 is 0 Å². The number of aryl methyl sites for hydroxylation is 1. The lowest BCUT2D eigenvalue weighted by atomic mass is 10.1. The topological polar surface area (TPSA) is 55.1 Å². The Kier molecular flexibility index (Phi) is 4.76. The molecule has 1 N–H and O–H groups in total. The Bertz CT molecular complexity index is 843.